The summed E-state index contributed by atoms with van der Waals surface area (Å²) in [5, 5.41) is 7.88. The maximum Gasteiger partial charge on any atom is 0.0753 e. The lowest BCUT2D eigenvalue weighted by atomic mass is 9.92. The van der Waals surface area contributed by atoms with E-state index < -0.39 is 0 Å². The Balaban J connectivity index is 2.54. The van der Waals surface area contributed by atoms with Gasteiger partial charge in [-0.25, -0.2) is 0 Å². The SMILES string of the molecule is CCNC(c1c(C)cc(C)cc1C)c1ccnn1C. The molecule has 2 aromatic rings. The number of aromatic nitrogens is 2. The Morgan fingerprint density at radius 1 is 1.21 bits per heavy atom. The van der Waals surface area contributed by atoms with Gasteiger partial charge in [-0.15, -0.1) is 0 Å². The Morgan fingerprint density at radius 3 is 2.32 bits per heavy atom. The van der Waals surface area contributed by atoms with Gasteiger partial charge in [-0.2, -0.15) is 5.10 Å². The first-order chi connectivity index (χ1) is 9.04. The average Bonchev–Trinajstić information content (AvgIpc) is 2.73. The van der Waals surface area contributed by atoms with Crippen LogP contribution in [0.1, 0.15) is 40.9 Å². The second-order valence-corrected chi connectivity index (χ2v) is 5.18. The van der Waals surface area contributed by atoms with Crippen LogP contribution in [0.2, 0.25) is 0 Å². The minimum atomic E-state index is 0.207. The molecular formula is C16H23N3. The summed E-state index contributed by atoms with van der Waals surface area (Å²) in [6.45, 7) is 9.60. The highest BCUT2D eigenvalue weighted by Gasteiger charge is 2.20. The number of rotatable bonds is 4. The van der Waals surface area contributed by atoms with Crippen molar-refractivity contribution >= 4 is 0 Å². The summed E-state index contributed by atoms with van der Waals surface area (Å²) >= 11 is 0. The third kappa shape index (κ3) is 2.71. The van der Waals surface area contributed by atoms with Gasteiger partial charge in [-0.05, 0) is 50.1 Å². The lowest BCUT2D eigenvalue weighted by Crippen LogP contribution is -2.25. The fourth-order valence-corrected chi connectivity index (χ4v) is 2.87. The van der Waals surface area contributed by atoms with Crippen molar-refractivity contribution in [2.75, 3.05) is 6.54 Å². The largest absolute Gasteiger partial charge is 0.305 e. The molecule has 0 radical (unpaired) electrons. The average molecular weight is 257 g/mol. The van der Waals surface area contributed by atoms with Crippen molar-refractivity contribution in [2.45, 2.75) is 33.7 Å². The van der Waals surface area contributed by atoms with Crippen LogP contribution in [0.3, 0.4) is 0 Å². The Bertz CT molecular complexity index is 546. The van der Waals surface area contributed by atoms with Gasteiger partial charge in [0.25, 0.3) is 0 Å². The zero-order valence-corrected chi connectivity index (χ0v) is 12.5. The molecule has 1 aromatic heterocycles. The molecule has 0 spiro atoms. The van der Waals surface area contributed by atoms with E-state index in [1.807, 2.05) is 17.9 Å². The van der Waals surface area contributed by atoms with Crippen LogP contribution >= 0.6 is 0 Å². The van der Waals surface area contributed by atoms with Gasteiger partial charge in [0.15, 0.2) is 0 Å². The summed E-state index contributed by atoms with van der Waals surface area (Å²) < 4.78 is 1.95. The maximum absolute atomic E-state index is 4.30. The molecule has 0 saturated heterocycles. The third-order valence-corrected chi connectivity index (χ3v) is 3.59. The molecule has 0 saturated carbocycles. The molecule has 0 aliphatic carbocycles. The van der Waals surface area contributed by atoms with E-state index in [0.29, 0.717) is 0 Å². The van der Waals surface area contributed by atoms with Crippen molar-refractivity contribution in [1.82, 2.24) is 15.1 Å². The van der Waals surface area contributed by atoms with Crippen LogP contribution in [-0.2, 0) is 7.05 Å². The van der Waals surface area contributed by atoms with E-state index in [-0.39, 0.29) is 6.04 Å². The third-order valence-electron chi connectivity index (χ3n) is 3.59. The molecule has 0 aliphatic rings. The molecule has 0 bridgehead atoms. The van der Waals surface area contributed by atoms with E-state index in [0.717, 1.165) is 6.54 Å². The molecule has 19 heavy (non-hydrogen) atoms. The zero-order valence-electron chi connectivity index (χ0n) is 12.5. The quantitative estimate of drug-likeness (QED) is 0.912. The Hall–Kier alpha value is -1.61. The summed E-state index contributed by atoms with van der Waals surface area (Å²) in [6, 6.07) is 6.80. The molecule has 1 N–H and O–H groups in total. The molecule has 0 fully saturated rings. The van der Waals surface area contributed by atoms with Crippen molar-refractivity contribution in [1.29, 1.82) is 0 Å². The normalized spacial score (nSPS) is 12.7. The van der Waals surface area contributed by atoms with E-state index in [1.54, 1.807) is 0 Å². The van der Waals surface area contributed by atoms with Crippen molar-refractivity contribution in [3.8, 4) is 0 Å². The Labute approximate surface area is 115 Å². The van der Waals surface area contributed by atoms with E-state index in [2.05, 4.69) is 56.3 Å². The minimum absolute atomic E-state index is 0.207. The molecule has 1 aromatic carbocycles. The molecule has 0 amide bonds. The Kier molecular flexibility index (Phi) is 4.05. The van der Waals surface area contributed by atoms with E-state index in [9.17, 15) is 0 Å². The molecule has 2 rings (SSSR count). The summed E-state index contributed by atoms with van der Waals surface area (Å²) in [5.74, 6) is 0. The number of aryl methyl sites for hydroxylation is 4. The predicted molar refractivity (Wildman–Crippen MR) is 79.4 cm³/mol. The first-order valence-corrected chi connectivity index (χ1v) is 6.83. The maximum atomic E-state index is 4.30. The number of nitrogens with zero attached hydrogens (tertiary/aromatic N) is 2. The topological polar surface area (TPSA) is 29.9 Å². The molecular weight excluding hydrogens is 234 g/mol. The zero-order chi connectivity index (χ0) is 14.0. The summed E-state index contributed by atoms with van der Waals surface area (Å²) in [5.41, 5.74) is 6.57. The first kappa shape index (κ1) is 13.8. The Morgan fingerprint density at radius 2 is 1.84 bits per heavy atom. The summed E-state index contributed by atoms with van der Waals surface area (Å²) in [7, 11) is 2.00. The number of benzene rings is 1. The molecule has 3 nitrogen and oxygen atoms in total. The second kappa shape index (κ2) is 5.57. The summed E-state index contributed by atoms with van der Waals surface area (Å²) in [6.07, 6.45) is 1.86. The number of nitrogens with one attached hydrogen (secondary N) is 1. The van der Waals surface area contributed by atoms with E-state index in [4.69, 9.17) is 0 Å². The van der Waals surface area contributed by atoms with Gasteiger partial charge in [0, 0.05) is 13.2 Å². The second-order valence-electron chi connectivity index (χ2n) is 5.18. The van der Waals surface area contributed by atoms with Crippen LogP contribution in [0.4, 0.5) is 0 Å². The molecule has 102 valence electrons. The summed E-state index contributed by atoms with van der Waals surface area (Å²) in [4.78, 5) is 0. The van der Waals surface area contributed by atoms with Gasteiger partial charge in [-0.3, -0.25) is 4.68 Å². The van der Waals surface area contributed by atoms with Gasteiger partial charge in [0.1, 0.15) is 0 Å². The smallest absolute Gasteiger partial charge is 0.0753 e. The highest BCUT2D eigenvalue weighted by molar-refractivity contribution is 5.42. The number of hydrogen-bond acceptors (Lipinski definition) is 2. The predicted octanol–water partition coefficient (Wildman–Crippen LogP) is 3.04. The van der Waals surface area contributed by atoms with Gasteiger partial charge in [-0.1, -0.05) is 24.6 Å². The van der Waals surface area contributed by atoms with Gasteiger partial charge in [0.2, 0.25) is 0 Å². The van der Waals surface area contributed by atoms with Crippen LogP contribution in [0.5, 0.6) is 0 Å². The molecule has 1 unspecified atom stereocenters. The monoisotopic (exact) mass is 257 g/mol. The highest BCUT2D eigenvalue weighted by Crippen LogP contribution is 2.28. The highest BCUT2D eigenvalue weighted by atomic mass is 15.3. The van der Waals surface area contributed by atoms with Crippen LogP contribution in [0.25, 0.3) is 0 Å². The van der Waals surface area contributed by atoms with Gasteiger partial charge >= 0.3 is 0 Å². The minimum Gasteiger partial charge on any atom is -0.305 e. The molecule has 1 atom stereocenters. The fourth-order valence-electron chi connectivity index (χ4n) is 2.87. The van der Waals surface area contributed by atoms with Crippen LogP contribution in [0, 0.1) is 20.8 Å². The van der Waals surface area contributed by atoms with Crippen molar-refractivity contribution in [2.24, 2.45) is 7.05 Å². The van der Waals surface area contributed by atoms with E-state index in [1.165, 1.54) is 27.9 Å². The molecule has 1 heterocycles. The van der Waals surface area contributed by atoms with Crippen molar-refractivity contribution in [3.63, 3.8) is 0 Å². The van der Waals surface area contributed by atoms with Crippen LogP contribution in [0.15, 0.2) is 24.4 Å². The standard InChI is InChI=1S/C16H23N3/c1-6-17-16(14-7-8-18-19(14)5)15-12(3)9-11(2)10-13(15)4/h7-10,16-17H,6H2,1-5H3. The molecule has 0 aliphatic heterocycles. The van der Waals surface area contributed by atoms with Gasteiger partial charge < -0.3 is 5.32 Å². The fraction of sp³-hybridized carbons (Fsp3) is 0.438. The van der Waals surface area contributed by atoms with Gasteiger partial charge in [0.05, 0.1) is 11.7 Å². The van der Waals surface area contributed by atoms with Crippen LogP contribution in [-0.4, -0.2) is 16.3 Å². The van der Waals surface area contributed by atoms with Crippen molar-refractivity contribution < 1.29 is 0 Å². The molecule has 3 heteroatoms. The van der Waals surface area contributed by atoms with E-state index >= 15 is 0 Å². The van der Waals surface area contributed by atoms with Crippen LogP contribution < -0.4 is 5.32 Å². The lowest BCUT2D eigenvalue weighted by molar-refractivity contribution is 0.568. The first-order valence-electron chi connectivity index (χ1n) is 6.83. The van der Waals surface area contributed by atoms with Crippen molar-refractivity contribution in [3.05, 3.63) is 52.3 Å². The number of hydrogen-bond donors (Lipinski definition) is 1. The lowest BCUT2D eigenvalue weighted by Gasteiger charge is -2.23.